The van der Waals surface area contributed by atoms with Gasteiger partial charge in [-0.1, -0.05) is 0 Å². The van der Waals surface area contributed by atoms with Gasteiger partial charge in [0.15, 0.2) is 0 Å². The third kappa shape index (κ3) is 3.14. The summed E-state index contributed by atoms with van der Waals surface area (Å²) in [5.74, 6) is 0.365. The number of hydrogen-bond donors (Lipinski definition) is 1. The Labute approximate surface area is 91.8 Å². The molecule has 0 amide bonds. The van der Waals surface area contributed by atoms with Crippen LogP contribution in [0.4, 0.5) is 0 Å². The minimum Gasteiger partial charge on any atom is -0.391 e. The summed E-state index contributed by atoms with van der Waals surface area (Å²) in [4.78, 5) is 4.70. The second-order valence-electron chi connectivity index (χ2n) is 4.79. The Hall–Kier alpha value is -0.160. The maximum Gasteiger partial charge on any atom is 0.0718 e. The smallest absolute Gasteiger partial charge is 0.0718 e. The molecule has 2 unspecified atom stereocenters. The van der Waals surface area contributed by atoms with Crippen molar-refractivity contribution in [3.8, 4) is 0 Å². The molecule has 2 heterocycles. The fourth-order valence-corrected chi connectivity index (χ4v) is 2.30. The molecule has 0 aromatic heterocycles. The van der Waals surface area contributed by atoms with Crippen molar-refractivity contribution in [2.24, 2.45) is 5.92 Å². The summed E-state index contributed by atoms with van der Waals surface area (Å²) >= 11 is 0. The van der Waals surface area contributed by atoms with Gasteiger partial charge in [0.05, 0.1) is 12.7 Å². The molecule has 88 valence electrons. The molecule has 0 aromatic rings. The summed E-state index contributed by atoms with van der Waals surface area (Å²) in [6, 6.07) is 0. The van der Waals surface area contributed by atoms with E-state index in [4.69, 9.17) is 4.74 Å². The zero-order valence-electron chi connectivity index (χ0n) is 9.56. The standard InChI is InChI=1S/C11H22N2O2/c1-12-3-5-13(6-4-12)8-11(14)10-2-7-15-9-10/h10-11,14H,2-9H2,1H3. The van der Waals surface area contributed by atoms with Crippen LogP contribution in [0.5, 0.6) is 0 Å². The fraction of sp³-hybridized carbons (Fsp3) is 1.00. The Morgan fingerprint density at radius 2 is 2.07 bits per heavy atom. The van der Waals surface area contributed by atoms with Gasteiger partial charge in [-0.25, -0.2) is 0 Å². The molecule has 0 bridgehead atoms. The Kier molecular flexibility index (Phi) is 3.97. The fourth-order valence-electron chi connectivity index (χ4n) is 2.30. The number of aliphatic hydroxyl groups excluding tert-OH is 1. The summed E-state index contributed by atoms with van der Waals surface area (Å²) in [5.41, 5.74) is 0. The van der Waals surface area contributed by atoms with E-state index in [9.17, 15) is 5.11 Å². The molecule has 0 aromatic carbocycles. The van der Waals surface area contributed by atoms with Gasteiger partial charge < -0.3 is 14.7 Å². The number of rotatable bonds is 3. The first-order chi connectivity index (χ1) is 7.25. The lowest BCUT2D eigenvalue weighted by Gasteiger charge is -2.34. The SMILES string of the molecule is CN1CCN(CC(O)C2CCOC2)CC1. The molecule has 2 rings (SSSR count). The van der Waals surface area contributed by atoms with E-state index < -0.39 is 0 Å². The predicted octanol–water partition coefficient (Wildman–Crippen LogP) is -0.369. The van der Waals surface area contributed by atoms with Gasteiger partial charge in [0.25, 0.3) is 0 Å². The Morgan fingerprint density at radius 3 is 2.67 bits per heavy atom. The average Bonchev–Trinajstić information content (AvgIpc) is 2.74. The molecule has 1 N–H and O–H groups in total. The van der Waals surface area contributed by atoms with Crippen LogP contribution < -0.4 is 0 Å². The van der Waals surface area contributed by atoms with Gasteiger partial charge in [0, 0.05) is 45.2 Å². The van der Waals surface area contributed by atoms with Gasteiger partial charge in [-0.15, -0.1) is 0 Å². The molecule has 4 nitrogen and oxygen atoms in total. The Morgan fingerprint density at radius 1 is 1.33 bits per heavy atom. The highest BCUT2D eigenvalue weighted by atomic mass is 16.5. The molecule has 4 heteroatoms. The molecule has 2 aliphatic heterocycles. The van der Waals surface area contributed by atoms with E-state index >= 15 is 0 Å². The van der Waals surface area contributed by atoms with Crippen LogP contribution in [0.15, 0.2) is 0 Å². The Bertz CT molecular complexity index is 187. The van der Waals surface area contributed by atoms with Crippen molar-refractivity contribution < 1.29 is 9.84 Å². The number of aliphatic hydroxyl groups is 1. The first-order valence-electron chi connectivity index (χ1n) is 5.92. The number of piperazine rings is 1. The third-order valence-corrected chi connectivity index (χ3v) is 3.55. The first kappa shape index (κ1) is 11.3. The minimum absolute atomic E-state index is 0.198. The van der Waals surface area contributed by atoms with E-state index in [0.717, 1.165) is 52.4 Å². The molecule has 0 radical (unpaired) electrons. The maximum atomic E-state index is 10.0. The van der Waals surface area contributed by atoms with Gasteiger partial charge in [-0.05, 0) is 13.5 Å². The quantitative estimate of drug-likeness (QED) is 0.695. The van der Waals surface area contributed by atoms with E-state index in [1.165, 1.54) is 0 Å². The summed E-state index contributed by atoms with van der Waals surface area (Å²) < 4.78 is 5.30. The predicted molar refractivity (Wildman–Crippen MR) is 58.9 cm³/mol. The summed E-state index contributed by atoms with van der Waals surface area (Å²) in [7, 11) is 2.15. The van der Waals surface area contributed by atoms with Gasteiger partial charge in [-0.3, -0.25) is 4.90 Å². The zero-order chi connectivity index (χ0) is 10.7. The normalized spacial score (nSPS) is 32.0. The van der Waals surface area contributed by atoms with Crippen molar-refractivity contribution in [2.45, 2.75) is 12.5 Å². The van der Waals surface area contributed by atoms with Gasteiger partial charge in [0.2, 0.25) is 0 Å². The van der Waals surface area contributed by atoms with Crippen molar-refractivity contribution in [1.29, 1.82) is 0 Å². The lowest BCUT2D eigenvalue weighted by Crippen LogP contribution is -2.48. The molecular weight excluding hydrogens is 192 g/mol. The monoisotopic (exact) mass is 214 g/mol. The highest BCUT2D eigenvalue weighted by molar-refractivity contribution is 4.78. The number of hydrogen-bond acceptors (Lipinski definition) is 4. The number of nitrogens with zero attached hydrogens (tertiary/aromatic N) is 2. The van der Waals surface area contributed by atoms with Gasteiger partial charge in [0.1, 0.15) is 0 Å². The van der Waals surface area contributed by atoms with E-state index in [1.807, 2.05) is 0 Å². The molecule has 2 atom stereocenters. The topological polar surface area (TPSA) is 35.9 Å². The van der Waals surface area contributed by atoms with Crippen molar-refractivity contribution in [2.75, 3.05) is 53.0 Å². The molecule has 2 saturated heterocycles. The third-order valence-electron chi connectivity index (χ3n) is 3.55. The first-order valence-corrected chi connectivity index (χ1v) is 5.92. The van der Waals surface area contributed by atoms with Crippen LogP contribution in [0, 0.1) is 5.92 Å². The van der Waals surface area contributed by atoms with Crippen molar-refractivity contribution in [3.05, 3.63) is 0 Å². The molecular formula is C11H22N2O2. The second kappa shape index (κ2) is 5.25. The second-order valence-corrected chi connectivity index (χ2v) is 4.79. The van der Waals surface area contributed by atoms with E-state index in [0.29, 0.717) is 5.92 Å². The molecule has 15 heavy (non-hydrogen) atoms. The van der Waals surface area contributed by atoms with E-state index in [1.54, 1.807) is 0 Å². The Balaban J connectivity index is 1.71. The number of ether oxygens (including phenoxy) is 1. The van der Waals surface area contributed by atoms with E-state index in [-0.39, 0.29) is 6.10 Å². The molecule has 0 aliphatic carbocycles. The van der Waals surface area contributed by atoms with Crippen LogP contribution in [0.2, 0.25) is 0 Å². The van der Waals surface area contributed by atoms with E-state index in [2.05, 4.69) is 16.8 Å². The van der Waals surface area contributed by atoms with Crippen LogP contribution in [-0.2, 0) is 4.74 Å². The summed E-state index contributed by atoms with van der Waals surface area (Å²) in [6.45, 7) is 6.80. The van der Waals surface area contributed by atoms with Crippen LogP contribution in [0.1, 0.15) is 6.42 Å². The highest BCUT2D eigenvalue weighted by Gasteiger charge is 2.26. The largest absolute Gasteiger partial charge is 0.391 e. The zero-order valence-corrected chi connectivity index (χ0v) is 9.56. The summed E-state index contributed by atoms with van der Waals surface area (Å²) in [5, 5.41) is 10.0. The van der Waals surface area contributed by atoms with Crippen molar-refractivity contribution in [1.82, 2.24) is 9.80 Å². The van der Waals surface area contributed by atoms with Crippen LogP contribution in [-0.4, -0.2) is 74.0 Å². The van der Waals surface area contributed by atoms with Crippen molar-refractivity contribution in [3.63, 3.8) is 0 Å². The number of likely N-dealkylation sites (N-methyl/N-ethyl adjacent to an activating group) is 1. The molecule has 2 aliphatic rings. The molecule has 0 saturated carbocycles. The van der Waals surface area contributed by atoms with Crippen LogP contribution >= 0.6 is 0 Å². The van der Waals surface area contributed by atoms with Gasteiger partial charge >= 0.3 is 0 Å². The van der Waals surface area contributed by atoms with Crippen LogP contribution in [0.3, 0.4) is 0 Å². The minimum atomic E-state index is -0.198. The number of β-amino-alcohol motifs (C(OH)–C–C–N with tert-alkyl or cyclic N) is 1. The van der Waals surface area contributed by atoms with Crippen LogP contribution in [0.25, 0.3) is 0 Å². The maximum absolute atomic E-state index is 10.0. The lowest BCUT2D eigenvalue weighted by molar-refractivity contribution is 0.0402. The molecule has 2 fully saturated rings. The van der Waals surface area contributed by atoms with Crippen molar-refractivity contribution >= 4 is 0 Å². The molecule has 0 spiro atoms. The summed E-state index contributed by atoms with van der Waals surface area (Å²) in [6.07, 6.45) is 0.824. The van der Waals surface area contributed by atoms with Gasteiger partial charge in [-0.2, -0.15) is 0 Å². The average molecular weight is 214 g/mol. The highest BCUT2D eigenvalue weighted by Crippen LogP contribution is 2.17. The lowest BCUT2D eigenvalue weighted by atomic mass is 10.0.